The predicted octanol–water partition coefficient (Wildman–Crippen LogP) is 0.138. The lowest BCUT2D eigenvalue weighted by Crippen LogP contribution is -1.84. The summed E-state index contributed by atoms with van der Waals surface area (Å²) in [6.45, 7) is 0.193. The van der Waals surface area contributed by atoms with Gasteiger partial charge in [-0.05, 0) is 12.3 Å². The average Bonchev–Trinajstić information content (AvgIpc) is 2.43. The molecule has 1 unspecified atom stereocenters. The van der Waals surface area contributed by atoms with Crippen molar-refractivity contribution >= 4 is 0 Å². The lowest BCUT2D eigenvalue weighted by molar-refractivity contribution is 0.273. The zero-order valence-corrected chi connectivity index (χ0v) is 3.96. The first kappa shape index (κ1) is 4.61. The van der Waals surface area contributed by atoms with E-state index in [4.69, 9.17) is 10.4 Å². The monoisotopic (exact) mass is 97.1 g/mol. The molecule has 7 heavy (non-hydrogen) atoms. The van der Waals surface area contributed by atoms with Crippen molar-refractivity contribution in [3.05, 3.63) is 0 Å². The van der Waals surface area contributed by atoms with Gasteiger partial charge in [0, 0.05) is 6.61 Å². The molecule has 38 valence electrons. The first-order chi connectivity index (χ1) is 3.38. The Hall–Kier alpha value is -0.550. The van der Waals surface area contributed by atoms with Gasteiger partial charge in [0.05, 0.1) is 12.0 Å². The molecule has 0 spiro atoms. The number of nitriles is 1. The largest absolute Gasteiger partial charge is 0.396 e. The van der Waals surface area contributed by atoms with Gasteiger partial charge in [0.15, 0.2) is 0 Å². The zero-order chi connectivity index (χ0) is 5.28. The normalized spacial score (nSPS) is 37.1. The highest BCUT2D eigenvalue weighted by atomic mass is 16.3. The topological polar surface area (TPSA) is 44.0 Å². The van der Waals surface area contributed by atoms with Crippen molar-refractivity contribution < 1.29 is 5.11 Å². The molecule has 1 rings (SSSR count). The Kier molecular flexibility index (Phi) is 0.994. The lowest BCUT2D eigenvalue weighted by Gasteiger charge is -1.77. The Labute approximate surface area is 42.4 Å². The van der Waals surface area contributed by atoms with Gasteiger partial charge in [0.1, 0.15) is 0 Å². The van der Waals surface area contributed by atoms with Crippen LogP contribution in [0.1, 0.15) is 6.42 Å². The van der Waals surface area contributed by atoms with E-state index < -0.39 is 0 Å². The molecule has 2 atom stereocenters. The Morgan fingerprint density at radius 1 is 1.86 bits per heavy atom. The molecule has 2 nitrogen and oxygen atoms in total. The molecule has 2 heteroatoms. The standard InChI is InChI=1S/C5H7NO/c6-2-4-1-5(4)3-7/h4-5,7H,1,3H2/t4?,5-/m1/s1. The van der Waals surface area contributed by atoms with Crippen molar-refractivity contribution in [2.45, 2.75) is 6.42 Å². The lowest BCUT2D eigenvalue weighted by atomic mass is 10.4. The van der Waals surface area contributed by atoms with Crippen LogP contribution in [0.5, 0.6) is 0 Å². The molecule has 0 heterocycles. The molecule has 0 aromatic heterocycles. The molecule has 0 aromatic rings. The van der Waals surface area contributed by atoms with Crippen molar-refractivity contribution in [2.24, 2.45) is 11.8 Å². The van der Waals surface area contributed by atoms with Crippen LogP contribution >= 0.6 is 0 Å². The van der Waals surface area contributed by atoms with Gasteiger partial charge < -0.3 is 5.11 Å². The summed E-state index contributed by atoms with van der Waals surface area (Å²) < 4.78 is 0. The summed E-state index contributed by atoms with van der Waals surface area (Å²) in [4.78, 5) is 0. The molecule has 0 amide bonds. The van der Waals surface area contributed by atoms with Crippen LogP contribution in [0, 0.1) is 23.2 Å². The maximum absolute atomic E-state index is 8.36. The Morgan fingerprint density at radius 2 is 2.57 bits per heavy atom. The number of aliphatic hydroxyl groups excluding tert-OH is 1. The summed E-state index contributed by atoms with van der Waals surface area (Å²) in [6.07, 6.45) is 0.910. The summed E-state index contributed by atoms with van der Waals surface area (Å²) in [5.74, 6) is 0.481. The van der Waals surface area contributed by atoms with Crippen molar-refractivity contribution in [3.8, 4) is 6.07 Å². The van der Waals surface area contributed by atoms with Gasteiger partial charge in [-0.25, -0.2) is 0 Å². The highest BCUT2D eigenvalue weighted by Gasteiger charge is 2.36. The van der Waals surface area contributed by atoms with E-state index in [9.17, 15) is 0 Å². The second kappa shape index (κ2) is 1.51. The van der Waals surface area contributed by atoms with Gasteiger partial charge in [0.2, 0.25) is 0 Å². The summed E-state index contributed by atoms with van der Waals surface area (Å²) >= 11 is 0. The minimum Gasteiger partial charge on any atom is -0.396 e. The van der Waals surface area contributed by atoms with E-state index in [0.717, 1.165) is 6.42 Å². The van der Waals surface area contributed by atoms with E-state index in [0.29, 0.717) is 5.92 Å². The SMILES string of the molecule is N#CC1C[C@@H]1CO. The smallest absolute Gasteiger partial charge is 0.0659 e. The molecule has 0 aliphatic heterocycles. The number of aliphatic hydroxyl groups is 1. The van der Waals surface area contributed by atoms with Crippen molar-refractivity contribution in [1.29, 1.82) is 5.26 Å². The minimum absolute atomic E-state index is 0.171. The number of nitrogens with zero attached hydrogens (tertiary/aromatic N) is 1. The summed E-state index contributed by atoms with van der Waals surface area (Å²) in [5.41, 5.74) is 0. The maximum Gasteiger partial charge on any atom is 0.0659 e. The molecule has 0 aromatic carbocycles. The third-order valence-electron chi connectivity index (χ3n) is 1.32. The highest BCUT2D eigenvalue weighted by molar-refractivity contribution is 5.00. The third kappa shape index (κ3) is 0.726. The Balaban J connectivity index is 2.21. The summed E-state index contributed by atoms with van der Waals surface area (Å²) in [5, 5.41) is 16.5. The van der Waals surface area contributed by atoms with Gasteiger partial charge >= 0.3 is 0 Å². The van der Waals surface area contributed by atoms with E-state index in [-0.39, 0.29) is 12.5 Å². The molecule has 0 bridgehead atoms. The molecule has 1 saturated carbocycles. The van der Waals surface area contributed by atoms with Crippen molar-refractivity contribution in [1.82, 2.24) is 0 Å². The highest BCUT2D eigenvalue weighted by Crippen LogP contribution is 2.36. The van der Waals surface area contributed by atoms with Gasteiger partial charge in [-0.15, -0.1) is 0 Å². The van der Waals surface area contributed by atoms with Crippen LogP contribution in [0.25, 0.3) is 0 Å². The van der Waals surface area contributed by atoms with E-state index in [1.165, 1.54) is 0 Å². The molecule has 1 N–H and O–H groups in total. The first-order valence-electron chi connectivity index (χ1n) is 2.39. The fraction of sp³-hybridized carbons (Fsp3) is 0.800. The molecule has 0 saturated heterocycles. The van der Waals surface area contributed by atoms with Crippen LogP contribution < -0.4 is 0 Å². The van der Waals surface area contributed by atoms with Crippen LogP contribution in [-0.4, -0.2) is 11.7 Å². The van der Waals surface area contributed by atoms with E-state index >= 15 is 0 Å². The van der Waals surface area contributed by atoms with E-state index in [1.807, 2.05) is 0 Å². The van der Waals surface area contributed by atoms with Crippen LogP contribution in [-0.2, 0) is 0 Å². The third-order valence-corrected chi connectivity index (χ3v) is 1.32. The van der Waals surface area contributed by atoms with E-state index in [1.54, 1.807) is 0 Å². The Morgan fingerprint density at radius 3 is 2.71 bits per heavy atom. The predicted molar refractivity (Wildman–Crippen MR) is 24.3 cm³/mol. The van der Waals surface area contributed by atoms with Gasteiger partial charge in [0.25, 0.3) is 0 Å². The molecular formula is C5H7NO. The number of hydrogen-bond donors (Lipinski definition) is 1. The van der Waals surface area contributed by atoms with Crippen molar-refractivity contribution in [2.75, 3.05) is 6.61 Å². The summed E-state index contributed by atoms with van der Waals surface area (Å²) in [7, 11) is 0. The van der Waals surface area contributed by atoms with Crippen LogP contribution in [0.3, 0.4) is 0 Å². The Bertz CT molecular complexity index is 105. The zero-order valence-electron chi connectivity index (χ0n) is 3.96. The van der Waals surface area contributed by atoms with Crippen LogP contribution in [0.15, 0.2) is 0 Å². The number of rotatable bonds is 1. The molecular weight excluding hydrogens is 90.1 g/mol. The maximum atomic E-state index is 8.36. The van der Waals surface area contributed by atoms with Gasteiger partial charge in [-0.2, -0.15) is 5.26 Å². The second-order valence-electron chi connectivity index (χ2n) is 1.91. The number of hydrogen-bond acceptors (Lipinski definition) is 2. The molecule has 1 aliphatic rings. The summed E-state index contributed by atoms with van der Waals surface area (Å²) in [6, 6.07) is 2.08. The van der Waals surface area contributed by atoms with Crippen LogP contribution in [0.2, 0.25) is 0 Å². The quantitative estimate of drug-likeness (QED) is 0.505. The van der Waals surface area contributed by atoms with Gasteiger partial charge in [-0.1, -0.05) is 0 Å². The minimum atomic E-state index is 0.171. The molecule has 1 fully saturated rings. The van der Waals surface area contributed by atoms with Gasteiger partial charge in [-0.3, -0.25) is 0 Å². The first-order valence-corrected chi connectivity index (χ1v) is 2.39. The average molecular weight is 97.1 g/mol. The van der Waals surface area contributed by atoms with Crippen LogP contribution in [0.4, 0.5) is 0 Å². The molecule has 0 radical (unpaired) electrons. The van der Waals surface area contributed by atoms with E-state index in [2.05, 4.69) is 6.07 Å². The fourth-order valence-electron chi connectivity index (χ4n) is 0.607. The fourth-order valence-corrected chi connectivity index (χ4v) is 0.607. The van der Waals surface area contributed by atoms with Crippen molar-refractivity contribution in [3.63, 3.8) is 0 Å². The second-order valence-corrected chi connectivity index (χ2v) is 1.91. The molecule has 1 aliphatic carbocycles.